The Bertz CT molecular complexity index is 640. The van der Waals surface area contributed by atoms with Crippen molar-refractivity contribution >= 4 is 5.91 Å². The molecule has 2 N–H and O–H groups in total. The number of halogens is 6. The third-order valence-corrected chi connectivity index (χ3v) is 4.63. The van der Waals surface area contributed by atoms with E-state index in [1.54, 1.807) is 0 Å². The second kappa shape index (κ2) is 5.89. The Hall–Kier alpha value is -1.77. The van der Waals surface area contributed by atoms with Crippen LogP contribution in [0.2, 0.25) is 0 Å². The molecule has 1 unspecified atom stereocenters. The summed E-state index contributed by atoms with van der Waals surface area (Å²) in [5.41, 5.74) is -4.03. The van der Waals surface area contributed by atoms with Gasteiger partial charge >= 0.3 is 12.4 Å². The smallest absolute Gasteiger partial charge is 0.345 e. The molecule has 2 fully saturated rings. The standard InChI is InChI=1S/C16H16F6N2O/c17-15(18,19)10-6-9(7-11(8-10)16(20,21)22)14(3-4-14)24-13(25)12-2-1-5-23-12/h6-8,12,23H,1-5H2,(H,24,25). The molecule has 1 saturated carbocycles. The van der Waals surface area contributed by atoms with Gasteiger partial charge < -0.3 is 10.6 Å². The van der Waals surface area contributed by atoms with Crippen molar-refractivity contribution in [3.05, 3.63) is 34.9 Å². The Labute approximate surface area is 139 Å². The zero-order valence-corrected chi connectivity index (χ0v) is 13.0. The van der Waals surface area contributed by atoms with Crippen molar-refractivity contribution in [2.24, 2.45) is 0 Å². The average molecular weight is 366 g/mol. The fraction of sp³-hybridized carbons (Fsp3) is 0.562. The van der Waals surface area contributed by atoms with E-state index in [4.69, 9.17) is 0 Å². The quantitative estimate of drug-likeness (QED) is 0.803. The topological polar surface area (TPSA) is 41.1 Å². The van der Waals surface area contributed by atoms with Crippen molar-refractivity contribution in [2.45, 2.75) is 49.6 Å². The van der Waals surface area contributed by atoms with E-state index < -0.39 is 35.1 Å². The lowest BCUT2D eigenvalue weighted by molar-refractivity contribution is -0.143. The maximum absolute atomic E-state index is 13.0. The van der Waals surface area contributed by atoms with Crippen LogP contribution in [0.3, 0.4) is 0 Å². The van der Waals surface area contributed by atoms with Crippen molar-refractivity contribution in [1.82, 2.24) is 10.6 Å². The summed E-state index contributed by atoms with van der Waals surface area (Å²) in [7, 11) is 0. The molecule has 1 amide bonds. The first kappa shape index (κ1) is 18.0. The first-order chi connectivity index (χ1) is 11.5. The van der Waals surface area contributed by atoms with E-state index in [-0.39, 0.29) is 17.5 Å². The Morgan fingerprint density at radius 3 is 2.00 bits per heavy atom. The third-order valence-electron chi connectivity index (χ3n) is 4.63. The van der Waals surface area contributed by atoms with Crippen LogP contribution in [-0.4, -0.2) is 18.5 Å². The lowest BCUT2D eigenvalue weighted by atomic mass is 9.97. The molecule has 1 aliphatic heterocycles. The van der Waals surface area contributed by atoms with Gasteiger partial charge in [0, 0.05) is 0 Å². The van der Waals surface area contributed by atoms with Crippen molar-refractivity contribution in [3.8, 4) is 0 Å². The van der Waals surface area contributed by atoms with Crippen LogP contribution in [-0.2, 0) is 22.7 Å². The minimum Gasteiger partial charge on any atom is -0.345 e. The van der Waals surface area contributed by atoms with Gasteiger partial charge in [0.15, 0.2) is 0 Å². The van der Waals surface area contributed by atoms with Gasteiger partial charge in [-0.05, 0) is 56.0 Å². The van der Waals surface area contributed by atoms with E-state index in [1.165, 1.54) is 0 Å². The molecule has 0 radical (unpaired) electrons. The molecular weight excluding hydrogens is 350 g/mol. The molecule has 0 aromatic heterocycles. The normalized spacial score (nSPS) is 22.7. The first-order valence-electron chi connectivity index (χ1n) is 7.87. The number of amides is 1. The highest BCUT2D eigenvalue weighted by molar-refractivity contribution is 5.83. The monoisotopic (exact) mass is 366 g/mol. The third kappa shape index (κ3) is 3.75. The number of hydrogen-bond acceptors (Lipinski definition) is 2. The molecule has 1 aromatic rings. The molecule has 1 aliphatic carbocycles. The summed E-state index contributed by atoms with van der Waals surface area (Å²) >= 11 is 0. The summed E-state index contributed by atoms with van der Waals surface area (Å²) in [4.78, 5) is 12.2. The maximum atomic E-state index is 13.0. The Kier molecular flexibility index (Phi) is 4.25. The highest BCUT2D eigenvalue weighted by atomic mass is 19.4. The summed E-state index contributed by atoms with van der Waals surface area (Å²) in [5, 5.41) is 5.60. The molecule has 3 rings (SSSR count). The summed E-state index contributed by atoms with van der Waals surface area (Å²) < 4.78 is 77.9. The van der Waals surface area contributed by atoms with Gasteiger partial charge in [0.2, 0.25) is 5.91 Å². The molecule has 9 heteroatoms. The van der Waals surface area contributed by atoms with Gasteiger partial charge in [-0.15, -0.1) is 0 Å². The van der Waals surface area contributed by atoms with Crippen molar-refractivity contribution in [3.63, 3.8) is 0 Å². The molecule has 0 spiro atoms. The van der Waals surface area contributed by atoms with Crippen LogP contribution in [0.5, 0.6) is 0 Å². The zero-order valence-electron chi connectivity index (χ0n) is 13.0. The van der Waals surface area contributed by atoms with Crippen LogP contribution in [0.25, 0.3) is 0 Å². The fourth-order valence-electron chi connectivity index (χ4n) is 3.07. The largest absolute Gasteiger partial charge is 0.416 e. The van der Waals surface area contributed by atoms with Gasteiger partial charge in [-0.25, -0.2) is 0 Å². The number of alkyl halides is 6. The van der Waals surface area contributed by atoms with Crippen molar-refractivity contribution in [1.29, 1.82) is 0 Å². The van der Waals surface area contributed by atoms with Crippen LogP contribution in [0.15, 0.2) is 18.2 Å². The number of carbonyl (C=O) groups excluding carboxylic acids is 1. The van der Waals surface area contributed by atoms with Crippen LogP contribution in [0, 0.1) is 0 Å². The van der Waals surface area contributed by atoms with Gasteiger partial charge in [-0.3, -0.25) is 4.79 Å². The summed E-state index contributed by atoms with van der Waals surface area (Å²) in [6.45, 7) is 0.660. The highest BCUT2D eigenvalue weighted by Gasteiger charge is 2.49. The average Bonchev–Trinajstić information content (AvgIpc) is 3.08. The molecule has 0 bridgehead atoms. The predicted molar refractivity (Wildman–Crippen MR) is 76.5 cm³/mol. The minimum absolute atomic E-state index is 0.0971. The predicted octanol–water partition coefficient (Wildman–Crippen LogP) is 3.58. The van der Waals surface area contributed by atoms with E-state index in [1.807, 2.05) is 0 Å². The zero-order chi connectivity index (χ0) is 18.5. The molecule has 3 nitrogen and oxygen atoms in total. The van der Waals surface area contributed by atoms with Crippen LogP contribution in [0.4, 0.5) is 26.3 Å². The molecule has 2 aliphatic rings. The SMILES string of the molecule is O=C(NC1(c2cc(C(F)(F)F)cc(C(F)(F)F)c2)CC1)C1CCCN1. The number of carbonyl (C=O) groups is 1. The number of benzene rings is 1. The van der Waals surface area contributed by atoms with Crippen LogP contribution in [0.1, 0.15) is 42.4 Å². The maximum Gasteiger partial charge on any atom is 0.416 e. The second-order valence-corrected chi connectivity index (χ2v) is 6.51. The van der Waals surface area contributed by atoms with Crippen molar-refractivity contribution in [2.75, 3.05) is 6.54 Å². The van der Waals surface area contributed by atoms with E-state index >= 15 is 0 Å². The molecule has 138 valence electrons. The molecule has 1 saturated heterocycles. The van der Waals surface area contributed by atoms with Gasteiger partial charge in [-0.1, -0.05) is 0 Å². The molecule has 1 heterocycles. The summed E-state index contributed by atoms with van der Waals surface area (Å²) in [6, 6.07) is 1.04. The summed E-state index contributed by atoms with van der Waals surface area (Å²) in [6.07, 6.45) is -7.79. The van der Waals surface area contributed by atoms with Gasteiger partial charge in [0.25, 0.3) is 0 Å². The van der Waals surface area contributed by atoms with E-state index in [0.29, 0.717) is 37.9 Å². The van der Waals surface area contributed by atoms with Gasteiger partial charge in [0.05, 0.1) is 22.7 Å². The fourth-order valence-corrected chi connectivity index (χ4v) is 3.07. The number of rotatable bonds is 3. The van der Waals surface area contributed by atoms with E-state index in [9.17, 15) is 31.1 Å². The Morgan fingerprint density at radius 1 is 1.04 bits per heavy atom. The van der Waals surface area contributed by atoms with Gasteiger partial charge in [-0.2, -0.15) is 26.3 Å². The summed E-state index contributed by atoms with van der Waals surface area (Å²) in [5.74, 6) is -0.388. The molecule has 1 atom stereocenters. The minimum atomic E-state index is -4.90. The highest BCUT2D eigenvalue weighted by Crippen LogP contribution is 2.48. The Balaban J connectivity index is 1.93. The second-order valence-electron chi connectivity index (χ2n) is 6.51. The van der Waals surface area contributed by atoms with Crippen LogP contribution >= 0.6 is 0 Å². The number of nitrogens with one attached hydrogen (secondary N) is 2. The van der Waals surface area contributed by atoms with E-state index in [2.05, 4.69) is 10.6 Å². The van der Waals surface area contributed by atoms with Gasteiger partial charge in [0.1, 0.15) is 0 Å². The first-order valence-corrected chi connectivity index (χ1v) is 7.87. The van der Waals surface area contributed by atoms with Crippen LogP contribution < -0.4 is 10.6 Å². The molecule has 1 aromatic carbocycles. The lowest BCUT2D eigenvalue weighted by Gasteiger charge is -2.23. The number of hydrogen-bond donors (Lipinski definition) is 2. The molecular formula is C16H16F6N2O. The Morgan fingerprint density at radius 2 is 1.60 bits per heavy atom. The lowest BCUT2D eigenvalue weighted by Crippen LogP contribution is -2.45. The van der Waals surface area contributed by atoms with E-state index in [0.717, 1.165) is 6.42 Å². The molecule has 25 heavy (non-hydrogen) atoms. The van der Waals surface area contributed by atoms with Crippen molar-refractivity contribution < 1.29 is 31.1 Å².